The molecule has 0 aromatic heterocycles. The normalized spacial score (nSPS) is 15.2. The summed E-state index contributed by atoms with van der Waals surface area (Å²) in [5.41, 5.74) is 7.16. The molecule has 0 bridgehead atoms. The molecule has 0 saturated carbocycles. The van der Waals surface area contributed by atoms with Gasteiger partial charge in [-0.3, -0.25) is 4.99 Å². The molecule has 0 radical (unpaired) electrons. The zero-order chi connectivity index (χ0) is 14.4. The van der Waals surface area contributed by atoms with Crippen molar-refractivity contribution in [1.29, 1.82) is 0 Å². The summed E-state index contributed by atoms with van der Waals surface area (Å²) < 4.78 is 0. The van der Waals surface area contributed by atoms with E-state index in [9.17, 15) is 0 Å². The topological polar surface area (TPSA) is 12.4 Å². The van der Waals surface area contributed by atoms with Crippen molar-refractivity contribution in [3.05, 3.63) is 52.6 Å². The Kier molecular flexibility index (Phi) is 5.34. The summed E-state index contributed by atoms with van der Waals surface area (Å²) in [6, 6.07) is 8.75. The summed E-state index contributed by atoms with van der Waals surface area (Å²) in [6.45, 7) is 7.60. The molecule has 2 rings (SSSR count). The second kappa shape index (κ2) is 7.23. The minimum absolute atomic E-state index is 0.940. The Morgan fingerprint density at radius 2 is 2.00 bits per heavy atom. The fraction of sp³-hybridized carbons (Fsp3) is 0.421. The van der Waals surface area contributed by atoms with E-state index in [1.807, 2.05) is 0 Å². The van der Waals surface area contributed by atoms with Crippen LogP contribution in [0.25, 0.3) is 5.57 Å². The van der Waals surface area contributed by atoms with Crippen molar-refractivity contribution in [3.8, 4) is 0 Å². The number of allylic oxidation sites excluding steroid dienone is 4. The average Bonchev–Trinajstić information content (AvgIpc) is 2.78. The molecule has 1 aliphatic carbocycles. The highest BCUT2D eigenvalue weighted by atomic mass is 14.7. The van der Waals surface area contributed by atoms with Crippen LogP contribution in [-0.2, 0) is 6.42 Å². The molecule has 0 atom stereocenters. The van der Waals surface area contributed by atoms with E-state index in [1.165, 1.54) is 40.7 Å². The van der Waals surface area contributed by atoms with Gasteiger partial charge in [-0.1, -0.05) is 49.3 Å². The third kappa shape index (κ3) is 3.69. The van der Waals surface area contributed by atoms with Crippen LogP contribution >= 0.6 is 0 Å². The van der Waals surface area contributed by atoms with Gasteiger partial charge in [-0.05, 0) is 49.0 Å². The van der Waals surface area contributed by atoms with Crippen LogP contribution < -0.4 is 0 Å². The number of nitrogens with zero attached hydrogens (tertiary/aromatic N) is 1. The summed E-state index contributed by atoms with van der Waals surface area (Å²) in [5.74, 6) is 0. The van der Waals surface area contributed by atoms with Gasteiger partial charge in [0.25, 0.3) is 0 Å². The second-order valence-electron chi connectivity index (χ2n) is 5.63. The number of rotatable bonds is 6. The molecule has 1 aromatic rings. The quantitative estimate of drug-likeness (QED) is 0.495. The molecule has 0 heterocycles. The first-order valence-electron chi connectivity index (χ1n) is 7.66. The summed E-state index contributed by atoms with van der Waals surface area (Å²) in [7, 11) is 0. The Morgan fingerprint density at radius 1 is 1.20 bits per heavy atom. The van der Waals surface area contributed by atoms with Crippen LogP contribution in [0.4, 0.5) is 0 Å². The third-order valence-corrected chi connectivity index (χ3v) is 3.82. The molecule has 0 N–H and O–H groups in total. The number of hydrogen-bond donors (Lipinski definition) is 0. The smallest absolute Gasteiger partial charge is 0.0385 e. The molecule has 1 heteroatoms. The van der Waals surface area contributed by atoms with Crippen molar-refractivity contribution < 1.29 is 0 Å². The monoisotopic (exact) mass is 267 g/mol. The second-order valence-corrected chi connectivity index (χ2v) is 5.63. The van der Waals surface area contributed by atoms with Crippen molar-refractivity contribution in [2.24, 2.45) is 4.99 Å². The molecule has 106 valence electrons. The van der Waals surface area contributed by atoms with Gasteiger partial charge in [0, 0.05) is 19.2 Å². The van der Waals surface area contributed by atoms with Gasteiger partial charge in [0.05, 0.1) is 0 Å². The van der Waals surface area contributed by atoms with E-state index in [0.29, 0.717) is 0 Å². The number of hydrogen-bond acceptors (Lipinski definition) is 1. The lowest BCUT2D eigenvalue weighted by Crippen LogP contribution is -1.95. The van der Waals surface area contributed by atoms with E-state index in [1.54, 1.807) is 0 Å². The average molecular weight is 267 g/mol. The first kappa shape index (κ1) is 14.8. The number of benzene rings is 1. The minimum atomic E-state index is 0.940. The zero-order valence-corrected chi connectivity index (χ0v) is 12.9. The summed E-state index contributed by atoms with van der Waals surface area (Å²) in [6.07, 6.45) is 8.82. The van der Waals surface area contributed by atoms with Crippen molar-refractivity contribution in [2.75, 3.05) is 6.54 Å². The highest BCUT2D eigenvalue weighted by molar-refractivity contribution is 5.79. The van der Waals surface area contributed by atoms with E-state index < -0.39 is 0 Å². The maximum atomic E-state index is 4.50. The Morgan fingerprint density at radius 3 is 2.70 bits per heavy atom. The molecule has 1 nitrogen and oxygen atoms in total. The third-order valence-electron chi connectivity index (χ3n) is 3.82. The maximum absolute atomic E-state index is 4.50. The Labute approximate surface area is 123 Å². The standard InChI is InChI=1S/C19H25N/c1-4-5-11-20-12-10-17-8-6-7-9-18(17)19-14-15(2)13-16(19)3/h6-9,12-13H,4-5,10-11,14H2,1-3H3. The molecule has 0 unspecified atom stereocenters. The van der Waals surface area contributed by atoms with Crippen LogP contribution in [0.2, 0.25) is 0 Å². The van der Waals surface area contributed by atoms with Gasteiger partial charge < -0.3 is 0 Å². The van der Waals surface area contributed by atoms with Gasteiger partial charge in [0.1, 0.15) is 0 Å². The van der Waals surface area contributed by atoms with Crippen LogP contribution in [0.15, 0.2) is 46.5 Å². The molecule has 1 aliphatic rings. The Bertz CT molecular complexity index is 547. The lowest BCUT2D eigenvalue weighted by molar-refractivity contribution is 0.809. The maximum Gasteiger partial charge on any atom is 0.0385 e. The van der Waals surface area contributed by atoms with Gasteiger partial charge in [-0.25, -0.2) is 0 Å². The SMILES string of the molecule is CCCCN=CCc1ccccc1C1=C(C)C=C(C)C1. The largest absolute Gasteiger partial charge is 0.297 e. The van der Waals surface area contributed by atoms with E-state index >= 15 is 0 Å². The molecular formula is C19H25N. The molecule has 0 fully saturated rings. The molecule has 0 spiro atoms. The Balaban J connectivity index is 2.12. The van der Waals surface area contributed by atoms with Gasteiger partial charge in [-0.15, -0.1) is 0 Å². The van der Waals surface area contributed by atoms with Gasteiger partial charge in [-0.2, -0.15) is 0 Å². The van der Waals surface area contributed by atoms with Crippen molar-refractivity contribution >= 4 is 11.8 Å². The fourth-order valence-corrected chi connectivity index (χ4v) is 2.73. The first-order valence-corrected chi connectivity index (χ1v) is 7.66. The van der Waals surface area contributed by atoms with Crippen molar-refractivity contribution in [2.45, 2.75) is 46.5 Å². The van der Waals surface area contributed by atoms with E-state index in [0.717, 1.165) is 19.4 Å². The van der Waals surface area contributed by atoms with Crippen LogP contribution in [0, 0.1) is 0 Å². The van der Waals surface area contributed by atoms with Crippen LogP contribution in [0.5, 0.6) is 0 Å². The van der Waals surface area contributed by atoms with Gasteiger partial charge in [0.15, 0.2) is 0 Å². The van der Waals surface area contributed by atoms with Crippen LogP contribution in [0.3, 0.4) is 0 Å². The lowest BCUT2D eigenvalue weighted by Gasteiger charge is -2.10. The zero-order valence-electron chi connectivity index (χ0n) is 12.9. The van der Waals surface area contributed by atoms with Gasteiger partial charge >= 0.3 is 0 Å². The highest BCUT2D eigenvalue weighted by Gasteiger charge is 2.14. The molecule has 0 amide bonds. The Hall–Kier alpha value is -1.63. The van der Waals surface area contributed by atoms with Crippen LogP contribution in [-0.4, -0.2) is 12.8 Å². The fourth-order valence-electron chi connectivity index (χ4n) is 2.73. The molecule has 0 aliphatic heterocycles. The highest BCUT2D eigenvalue weighted by Crippen LogP contribution is 2.34. The van der Waals surface area contributed by atoms with Crippen molar-refractivity contribution in [1.82, 2.24) is 0 Å². The van der Waals surface area contributed by atoms with E-state index in [4.69, 9.17) is 0 Å². The van der Waals surface area contributed by atoms with Crippen molar-refractivity contribution in [3.63, 3.8) is 0 Å². The minimum Gasteiger partial charge on any atom is -0.297 e. The molecule has 0 saturated heterocycles. The number of aliphatic imine (C=N–C) groups is 1. The number of unbranched alkanes of at least 4 members (excludes halogenated alkanes) is 1. The summed E-state index contributed by atoms with van der Waals surface area (Å²) in [5, 5.41) is 0. The predicted molar refractivity (Wildman–Crippen MR) is 89.4 cm³/mol. The summed E-state index contributed by atoms with van der Waals surface area (Å²) in [4.78, 5) is 4.50. The van der Waals surface area contributed by atoms with Crippen LogP contribution in [0.1, 0.15) is 51.2 Å². The molecular weight excluding hydrogens is 242 g/mol. The first-order chi connectivity index (χ1) is 9.72. The van der Waals surface area contributed by atoms with Gasteiger partial charge in [0.2, 0.25) is 0 Å². The predicted octanol–water partition coefficient (Wildman–Crippen LogP) is 5.22. The molecule has 20 heavy (non-hydrogen) atoms. The van der Waals surface area contributed by atoms with E-state index in [-0.39, 0.29) is 0 Å². The summed E-state index contributed by atoms with van der Waals surface area (Å²) >= 11 is 0. The van der Waals surface area contributed by atoms with E-state index in [2.05, 4.69) is 62.3 Å². The lowest BCUT2D eigenvalue weighted by atomic mass is 9.94. The molecule has 1 aromatic carbocycles.